The van der Waals surface area contributed by atoms with E-state index in [1.807, 2.05) is 38.1 Å². The number of hydrogen-bond donors (Lipinski definition) is 1. The van der Waals surface area contributed by atoms with Crippen molar-refractivity contribution in [3.05, 3.63) is 36.0 Å². The molecular weight excluding hydrogens is 230 g/mol. The SMILES string of the molecule is CCOC(OCC)c1ccc(-c2c[nH]nn2)cc1. The molecule has 0 unspecified atom stereocenters. The highest BCUT2D eigenvalue weighted by molar-refractivity contribution is 5.57. The molecule has 0 aliphatic heterocycles. The number of rotatable bonds is 6. The molecule has 0 radical (unpaired) electrons. The maximum absolute atomic E-state index is 5.54. The maximum Gasteiger partial charge on any atom is 0.183 e. The Labute approximate surface area is 106 Å². The fourth-order valence-electron chi connectivity index (χ4n) is 1.70. The van der Waals surface area contributed by atoms with Crippen LogP contribution in [0.5, 0.6) is 0 Å². The van der Waals surface area contributed by atoms with Crippen LogP contribution in [-0.2, 0) is 9.47 Å². The van der Waals surface area contributed by atoms with Crippen LogP contribution in [0.3, 0.4) is 0 Å². The summed E-state index contributed by atoms with van der Waals surface area (Å²) in [6.07, 6.45) is 1.46. The van der Waals surface area contributed by atoms with Gasteiger partial charge in [-0.3, -0.25) is 5.10 Å². The minimum atomic E-state index is -0.300. The van der Waals surface area contributed by atoms with Gasteiger partial charge in [0, 0.05) is 30.5 Å². The van der Waals surface area contributed by atoms with E-state index in [2.05, 4.69) is 15.4 Å². The van der Waals surface area contributed by atoms with Gasteiger partial charge in [0.2, 0.25) is 0 Å². The van der Waals surface area contributed by atoms with Gasteiger partial charge in [-0.2, -0.15) is 0 Å². The Morgan fingerprint density at radius 1 is 1.11 bits per heavy atom. The van der Waals surface area contributed by atoms with Crippen molar-refractivity contribution in [2.24, 2.45) is 0 Å². The molecule has 1 heterocycles. The highest BCUT2D eigenvalue weighted by Crippen LogP contribution is 2.22. The van der Waals surface area contributed by atoms with Crippen LogP contribution in [0.2, 0.25) is 0 Å². The number of nitrogens with zero attached hydrogens (tertiary/aromatic N) is 2. The molecule has 5 nitrogen and oxygen atoms in total. The minimum absolute atomic E-state index is 0.300. The molecule has 1 aromatic heterocycles. The molecular formula is C13H17N3O2. The van der Waals surface area contributed by atoms with E-state index in [1.54, 1.807) is 6.20 Å². The normalized spacial score (nSPS) is 11.1. The zero-order valence-corrected chi connectivity index (χ0v) is 10.6. The van der Waals surface area contributed by atoms with E-state index >= 15 is 0 Å². The second kappa shape index (κ2) is 6.28. The number of H-pyrrole nitrogens is 1. The molecule has 1 aromatic carbocycles. The third-order valence-corrected chi connectivity index (χ3v) is 2.53. The van der Waals surface area contributed by atoms with Crippen molar-refractivity contribution in [3.8, 4) is 11.3 Å². The molecule has 0 saturated carbocycles. The van der Waals surface area contributed by atoms with Crippen molar-refractivity contribution in [3.63, 3.8) is 0 Å². The van der Waals surface area contributed by atoms with Crippen LogP contribution in [0.15, 0.2) is 30.5 Å². The fourth-order valence-corrected chi connectivity index (χ4v) is 1.70. The summed E-state index contributed by atoms with van der Waals surface area (Å²) in [5.41, 5.74) is 2.84. The zero-order chi connectivity index (χ0) is 12.8. The van der Waals surface area contributed by atoms with E-state index in [4.69, 9.17) is 9.47 Å². The number of aromatic amines is 1. The van der Waals surface area contributed by atoms with Crippen molar-refractivity contribution in [1.29, 1.82) is 0 Å². The lowest BCUT2D eigenvalue weighted by Gasteiger charge is -2.17. The monoisotopic (exact) mass is 247 g/mol. The van der Waals surface area contributed by atoms with Crippen LogP contribution >= 0.6 is 0 Å². The van der Waals surface area contributed by atoms with E-state index < -0.39 is 0 Å². The predicted molar refractivity (Wildman–Crippen MR) is 67.8 cm³/mol. The Morgan fingerprint density at radius 3 is 2.28 bits per heavy atom. The van der Waals surface area contributed by atoms with Gasteiger partial charge >= 0.3 is 0 Å². The van der Waals surface area contributed by atoms with Crippen molar-refractivity contribution < 1.29 is 9.47 Å². The number of ether oxygens (including phenoxy) is 2. The molecule has 0 atom stereocenters. The van der Waals surface area contributed by atoms with Gasteiger partial charge < -0.3 is 9.47 Å². The summed E-state index contributed by atoms with van der Waals surface area (Å²) in [4.78, 5) is 0. The maximum atomic E-state index is 5.54. The minimum Gasteiger partial charge on any atom is -0.349 e. The molecule has 0 amide bonds. The standard InChI is InChI=1S/C13H17N3O2/c1-3-17-13(18-4-2)11-7-5-10(6-8-11)12-9-14-16-15-12/h5-9,13H,3-4H2,1-2H3,(H,14,15,16). The fraction of sp³-hybridized carbons (Fsp3) is 0.385. The first kappa shape index (κ1) is 12.7. The third kappa shape index (κ3) is 2.94. The van der Waals surface area contributed by atoms with Crippen LogP contribution in [-0.4, -0.2) is 28.6 Å². The van der Waals surface area contributed by atoms with Crippen LogP contribution in [0.4, 0.5) is 0 Å². The molecule has 0 aliphatic carbocycles. The van der Waals surface area contributed by atoms with E-state index in [0.717, 1.165) is 16.8 Å². The molecule has 0 bridgehead atoms. The molecule has 0 fully saturated rings. The Bertz CT molecular complexity index is 448. The van der Waals surface area contributed by atoms with Gasteiger partial charge in [0.15, 0.2) is 6.29 Å². The Hall–Kier alpha value is -1.72. The van der Waals surface area contributed by atoms with Gasteiger partial charge in [0.1, 0.15) is 5.69 Å². The van der Waals surface area contributed by atoms with E-state index in [0.29, 0.717) is 13.2 Å². The summed E-state index contributed by atoms with van der Waals surface area (Å²) in [5.74, 6) is 0. The molecule has 1 N–H and O–H groups in total. The van der Waals surface area contributed by atoms with Gasteiger partial charge in [-0.25, -0.2) is 0 Å². The van der Waals surface area contributed by atoms with Crippen LogP contribution in [0, 0.1) is 0 Å². The second-order valence-corrected chi connectivity index (χ2v) is 3.72. The summed E-state index contributed by atoms with van der Waals surface area (Å²) >= 11 is 0. The average molecular weight is 247 g/mol. The first-order valence-corrected chi connectivity index (χ1v) is 6.05. The molecule has 0 aliphatic rings. The summed E-state index contributed by atoms with van der Waals surface area (Å²) in [7, 11) is 0. The molecule has 2 aromatic rings. The lowest BCUT2D eigenvalue weighted by molar-refractivity contribution is -0.140. The van der Waals surface area contributed by atoms with Gasteiger partial charge in [-0.1, -0.05) is 29.5 Å². The van der Waals surface area contributed by atoms with E-state index in [-0.39, 0.29) is 6.29 Å². The zero-order valence-electron chi connectivity index (χ0n) is 10.6. The van der Waals surface area contributed by atoms with E-state index in [1.165, 1.54) is 0 Å². The number of hydrogen-bond acceptors (Lipinski definition) is 4. The predicted octanol–water partition coefficient (Wildman–Crippen LogP) is 2.54. The Kier molecular flexibility index (Phi) is 4.44. The van der Waals surface area contributed by atoms with Crippen LogP contribution in [0.25, 0.3) is 11.3 Å². The summed E-state index contributed by atoms with van der Waals surface area (Å²) in [6.45, 7) is 5.15. The van der Waals surface area contributed by atoms with Crippen molar-refractivity contribution in [2.45, 2.75) is 20.1 Å². The molecule has 2 rings (SSSR count). The number of nitrogens with one attached hydrogen (secondary N) is 1. The highest BCUT2D eigenvalue weighted by atomic mass is 16.7. The molecule has 96 valence electrons. The smallest absolute Gasteiger partial charge is 0.183 e. The van der Waals surface area contributed by atoms with Crippen molar-refractivity contribution in [1.82, 2.24) is 15.4 Å². The van der Waals surface area contributed by atoms with Crippen LogP contribution in [0.1, 0.15) is 25.7 Å². The Balaban J connectivity index is 2.15. The molecule has 5 heteroatoms. The summed E-state index contributed by atoms with van der Waals surface area (Å²) in [5, 5.41) is 10.4. The molecule has 0 spiro atoms. The van der Waals surface area contributed by atoms with Gasteiger partial charge in [0.05, 0.1) is 0 Å². The lowest BCUT2D eigenvalue weighted by atomic mass is 10.1. The van der Waals surface area contributed by atoms with Gasteiger partial charge in [-0.05, 0) is 13.8 Å². The quantitative estimate of drug-likeness (QED) is 0.797. The topological polar surface area (TPSA) is 60.0 Å². The largest absolute Gasteiger partial charge is 0.349 e. The highest BCUT2D eigenvalue weighted by Gasteiger charge is 2.11. The first-order chi connectivity index (χ1) is 8.85. The second-order valence-electron chi connectivity index (χ2n) is 3.72. The van der Waals surface area contributed by atoms with Gasteiger partial charge in [-0.15, -0.1) is 5.10 Å². The number of benzene rings is 1. The summed E-state index contributed by atoms with van der Waals surface area (Å²) in [6, 6.07) is 7.94. The first-order valence-electron chi connectivity index (χ1n) is 6.05. The van der Waals surface area contributed by atoms with Crippen molar-refractivity contribution in [2.75, 3.05) is 13.2 Å². The third-order valence-electron chi connectivity index (χ3n) is 2.53. The Morgan fingerprint density at radius 2 is 1.78 bits per heavy atom. The van der Waals surface area contributed by atoms with Gasteiger partial charge in [0.25, 0.3) is 0 Å². The number of aromatic nitrogens is 3. The summed E-state index contributed by atoms with van der Waals surface area (Å²) < 4.78 is 11.1. The van der Waals surface area contributed by atoms with Crippen molar-refractivity contribution >= 4 is 0 Å². The average Bonchev–Trinajstić information content (AvgIpc) is 2.93. The molecule has 0 saturated heterocycles. The lowest BCUT2D eigenvalue weighted by Crippen LogP contribution is -2.08. The molecule has 18 heavy (non-hydrogen) atoms. The van der Waals surface area contributed by atoms with E-state index in [9.17, 15) is 0 Å². The van der Waals surface area contributed by atoms with Crippen LogP contribution < -0.4 is 0 Å².